The van der Waals surface area contributed by atoms with Gasteiger partial charge < -0.3 is 10.7 Å². The SMILES string of the molecule is Nc1[nH]c(C(=O)c2ccccc2)c(-c2cccc(Br)c2)c1C(=O)c1ccccc1. The van der Waals surface area contributed by atoms with E-state index < -0.39 is 0 Å². The molecule has 29 heavy (non-hydrogen) atoms. The van der Waals surface area contributed by atoms with E-state index >= 15 is 0 Å². The minimum absolute atomic E-state index is 0.174. The summed E-state index contributed by atoms with van der Waals surface area (Å²) >= 11 is 3.47. The molecule has 0 aliphatic heterocycles. The van der Waals surface area contributed by atoms with Crippen molar-refractivity contribution in [2.24, 2.45) is 0 Å². The topological polar surface area (TPSA) is 76.0 Å². The van der Waals surface area contributed by atoms with Crippen LogP contribution in [0.3, 0.4) is 0 Å². The van der Waals surface area contributed by atoms with Gasteiger partial charge in [-0.05, 0) is 17.7 Å². The molecule has 0 fully saturated rings. The third-order valence-electron chi connectivity index (χ3n) is 4.67. The lowest BCUT2D eigenvalue weighted by atomic mass is 9.93. The summed E-state index contributed by atoms with van der Waals surface area (Å²) in [6.45, 7) is 0. The van der Waals surface area contributed by atoms with E-state index in [1.165, 1.54) is 0 Å². The molecule has 5 heteroatoms. The maximum Gasteiger partial charge on any atom is 0.209 e. The molecule has 3 aromatic carbocycles. The van der Waals surface area contributed by atoms with Crippen LogP contribution in [0.5, 0.6) is 0 Å². The third-order valence-corrected chi connectivity index (χ3v) is 5.16. The van der Waals surface area contributed by atoms with Gasteiger partial charge in [-0.2, -0.15) is 0 Å². The molecule has 0 saturated carbocycles. The van der Waals surface area contributed by atoms with Crippen LogP contribution in [-0.4, -0.2) is 16.6 Å². The summed E-state index contributed by atoms with van der Waals surface area (Å²) < 4.78 is 0.839. The zero-order valence-corrected chi connectivity index (χ0v) is 16.9. The maximum atomic E-state index is 13.3. The Hall–Kier alpha value is -3.44. The van der Waals surface area contributed by atoms with E-state index in [-0.39, 0.29) is 17.4 Å². The van der Waals surface area contributed by atoms with Crippen LogP contribution >= 0.6 is 15.9 Å². The lowest BCUT2D eigenvalue weighted by Crippen LogP contribution is -2.06. The van der Waals surface area contributed by atoms with Crippen molar-refractivity contribution in [3.63, 3.8) is 0 Å². The highest BCUT2D eigenvalue weighted by molar-refractivity contribution is 9.10. The molecule has 0 aliphatic carbocycles. The van der Waals surface area contributed by atoms with Crippen LogP contribution in [0.25, 0.3) is 11.1 Å². The minimum Gasteiger partial charge on any atom is -0.385 e. The van der Waals surface area contributed by atoms with E-state index in [2.05, 4.69) is 20.9 Å². The first-order valence-electron chi connectivity index (χ1n) is 9.03. The molecule has 0 unspecified atom stereocenters. The standard InChI is InChI=1S/C24H17BrN2O2/c25-18-13-7-12-17(14-18)19-20(22(28)15-8-3-1-4-9-15)24(26)27-21(19)23(29)16-10-5-2-6-11-16/h1-14,27H,26H2. The van der Waals surface area contributed by atoms with Crippen molar-refractivity contribution < 1.29 is 9.59 Å². The average Bonchev–Trinajstić information content (AvgIpc) is 3.11. The first-order valence-corrected chi connectivity index (χ1v) is 9.82. The highest BCUT2D eigenvalue weighted by Gasteiger charge is 2.27. The monoisotopic (exact) mass is 444 g/mol. The zero-order valence-electron chi connectivity index (χ0n) is 15.4. The summed E-state index contributed by atoms with van der Waals surface area (Å²) in [6.07, 6.45) is 0. The number of nitrogens with one attached hydrogen (secondary N) is 1. The maximum absolute atomic E-state index is 13.3. The molecular weight excluding hydrogens is 428 g/mol. The number of carbonyl (C=O) groups excluding carboxylic acids is 2. The summed E-state index contributed by atoms with van der Waals surface area (Å²) in [5, 5.41) is 0. The van der Waals surface area contributed by atoms with Crippen molar-refractivity contribution >= 4 is 33.3 Å². The second kappa shape index (κ2) is 7.89. The molecule has 0 radical (unpaired) electrons. The lowest BCUT2D eigenvalue weighted by Gasteiger charge is -2.08. The van der Waals surface area contributed by atoms with Crippen molar-refractivity contribution in [2.75, 3.05) is 5.73 Å². The van der Waals surface area contributed by atoms with Crippen LogP contribution in [0.2, 0.25) is 0 Å². The number of nitrogens with two attached hydrogens (primary N) is 1. The quantitative estimate of drug-likeness (QED) is 0.399. The van der Waals surface area contributed by atoms with Gasteiger partial charge >= 0.3 is 0 Å². The molecule has 0 aliphatic rings. The fraction of sp³-hybridized carbons (Fsp3) is 0. The van der Waals surface area contributed by atoms with Crippen molar-refractivity contribution in [1.82, 2.24) is 4.98 Å². The molecule has 0 atom stereocenters. The van der Waals surface area contributed by atoms with Gasteiger partial charge in [0.15, 0.2) is 5.78 Å². The highest BCUT2D eigenvalue weighted by atomic mass is 79.9. The zero-order chi connectivity index (χ0) is 20.4. The lowest BCUT2D eigenvalue weighted by molar-refractivity contribution is 0.103. The Morgan fingerprint density at radius 2 is 1.34 bits per heavy atom. The Labute approximate surface area is 176 Å². The molecule has 1 aromatic heterocycles. The normalized spacial score (nSPS) is 10.7. The molecule has 142 valence electrons. The molecule has 0 saturated heterocycles. The number of hydrogen-bond donors (Lipinski definition) is 2. The number of nitrogen functional groups attached to an aromatic ring is 1. The van der Waals surface area contributed by atoms with Crippen LogP contribution in [0, 0.1) is 0 Å². The fourth-order valence-corrected chi connectivity index (χ4v) is 3.73. The second-order valence-electron chi connectivity index (χ2n) is 6.56. The summed E-state index contributed by atoms with van der Waals surface area (Å²) in [5.74, 6) is -0.283. The summed E-state index contributed by atoms with van der Waals surface area (Å²) in [5.41, 5.74) is 9.09. The Morgan fingerprint density at radius 1 is 0.759 bits per heavy atom. The number of hydrogen-bond acceptors (Lipinski definition) is 3. The number of carbonyl (C=O) groups is 2. The number of ketones is 2. The van der Waals surface area contributed by atoms with Gasteiger partial charge in [0.1, 0.15) is 5.82 Å². The van der Waals surface area contributed by atoms with E-state index in [4.69, 9.17) is 5.73 Å². The van der Waals surface area contributed by atoms with Crippen LogP contribution in [0.4, 0.5) is 5.82 Å². The number of halogens is 1. The molecule has 0 amide bonds. The van der Waals surface area contributed by atoms with E-state index in [1.807, 2.05) is 36.4 Å². The van der Waals surface area contributed by atoms with E-state index in [1.54, 1.807) is 48.5 Å². The van der Waals surface area contributed by atoms with Gasteiger partial charge in [0, 0.05) is 21.2 Å². The smallest absolute Gasteiger partial charge is 0.209 e. The van der Waals surface area contributed by atoms with Gasteiger partial charge in [0.05, 0.1) is 11.3 Å². The second-order valence-corrected chi connectivity index (χ2v) is 7.48. The number of aromatic amines is 1. The van der Waals surface area contributed by atoms with Gasteiger partial charge in [-0.1, -0.05) is 88.7 Å². The van der Waals surface area contributed by atoms with Gasteiger partial charge in [-0.15, -0.1) is 0 Å². The Bertz CT molecular complexity index is 1200. The predicted molar refractivity (Wildman–Crippen MR) is 118 cm³/mol. The molecular formula is C24H17BrN2O2. The first-order chi connectivity index (χ1) is 14.1. The van der Waals surface area contributed by atoms with E-state index in [0.717, 1.165) is 10.0 Å². The molecule has 1 heterocycles. The molecule has 0 bridgehead atoms. The summed E-state index contributed by atoms with van der Waals surface area (Å²) in [6, 6.07) is 25.3. The highest BCUT2D eigenvalue weighted by Crippen LogP contribution is 2.36. The predicted octanol–water partition coefficient (Wildman–Crippen LogP) is 5.49. The summed E-state index contributed by atoms with van der Waals surface area (Å²) in [7, 11) is 0. The van der Waals surface area contributed by atoms with Crippen LogP contribution in [0.15, 0.2) is 89.4 Å². The van der Waals surface area contributed by atoms with E-state index in [0.29, 0.717) is 27.9 Å². The van der Waals surface area contributed by atoms with Crippen molar-refractivity contribution in [3.8, 4) is 11.1 Å². The first kappa shape index (κ1) is 18.9. The molecule has 4 rings (SSSR count). The van der Waals surface area contributed by atoms with Crippen LogP contribution in [0.1, 0.15) is 32.0 Å². The van der Waals surface area contributed by atoms with Crippen LogP contribution in [-0.2, 0) is 0 Å². The third kappa shape index (κ3) is 3.65. The van der Waals surface area contributed by atoms with Gasteiger partial charge in [0.25, 0.3) is 0 Å². The van der Waals surface area contributed by atoms with Gasteiger partial charge in [-0.3, -0.25) is 9.59 Å². The largest absolute Gasteiger partial charge is 0.385 e. The summed E-state index contributed by atoms with van der Waals surface area (Å²) in [4.78, 5) is 29.5. The Balaban J connectivity index is 1.95. The number of anilines is 1. The Kier molecular flexibility index (Phi) is 5.14. The van der Waals surface area contributed by atoms with Crippen molar-refractivity contribution in [2.45, 2.75) is 0 Å². The van der Waals surface area contributed by atoms with Crippen molar-refractivity contribution in [1.29, 1.82) is 0 Å². The molecule has 4 nitrogen and oxygen atoms in total. The number of H-pyrrole nitrogens is 1. The van der Waals surface area contributed by atoms with Crippen molar-refractivity contribution in [3.05, 3.63) is 112 Å². The molecule has 0 spiro atoms. The van der Waals surface area contributed by atoms with E-state index in [9.17, 15) is 9.59 Å². The number of aromatic nitrogens is 1. The van der Waals surface area contributed by atoms with Gasteiger partial charge in [-0.25, -0.2) is 0 Å². The Morgan fingerprint density at radius 3 is 1.93 bits per heavy atom. The van der Waals surface area contributed by atoms with Gasteiger partial charge in [0.2, 0.25) is 5.78 Å². The molecule has 4 aromatic rings. The molecule has 3 N–H and O–H groups in total. The minimum atomic E-state index is -0.235. The average molecular weight is 445 g/mol. The number of rotatable bonds is 5. The van der Waals surface area contributed by atoms with Crippen LogP contribution < -0.4 is 5.73 Å². The number of benzene rings is 3. The fourth-order valence-electron chi connectivity index (χ4n) is 3.33.